The minimum Gasteiger partial charge on any atom is -0.493 e. The van der Waals surface area contributed by atoms with Crippen molar-refractivity contribution in [1.82, 2.24) is 14.9 Å². The van der Waals surface area contributed by atoms with Gasteiger partial charge in [-0.05, 0) is 55.7 Å². The average molecular weight is 555 g/mol. The summed E-state index contributed by atoms with van der Waals surface area (Å²) in [5.41, 5.74) is 1.25. The Labute approximate surface area is 231 Å². The van der Waals surface area contributed by atoms with Crippen LogP contribution in [0, 0.1) is 30.5 Å². The molecule has 2 heterocycles. The Kier molecular flexibility index (Phi) is 7.88. The second-order valence-electron chi connectivity index (χ2n) is 10.4. The molecule has 10 heteroatoms. The van der Waals surface area contributed by atoms with Crippen molar-refractivity contribution < 1.29 is 23.5 Å². The molecular weight excluding hydrogens is 523 g/mol. The monoisotopic (exact) mass is 554 g/mol. The van der Waals surface area contributed by atoms with Crippen LogP contribution in [-0.4, -0.2) is 53.4 Å². The molecule has 1 saturated heterocycles. The van der Waals surface area contributed by atoms with E-state index < -0.39 is 5.82 Å². The first-order chi connectivity index (χ1) is 18.8. The number of Topliss-reactive ketones (excluding diaryl/α,β-unsaturated/α-hetero) is 1. The van der Waals surface area contributed by atoms with Crippen molar-refractivity contribution in [2.45, 2.75) is 39.5 Å². The molecule has 1 aromatic heterocycles. The number of hydrogen-bond acceptors (Lipinski definition) is 7. The van der Waals surface area contributed by atoms with E-state index in [0.717, 1.165) is 25.9 Å². The highest BCUT2D eigenvalue weighted by atomic mass is 35.5. The number of nitrogens with one attached hydrogen (secondary N) is 1. The highest BCUT2D eigenvalue weighted by Crippen LogP contribution is 2.43. The Bertz CT molecular complexity index is 1400. The SMILES string of the molecule is CCC(=O)CC(=O)N1C[C@H]2CC(COc3cc4ncnc(Nc5ccc(Cl)c(C)c5F)c4cc3OC)C[C@H]2C1. The fourth-order valence-corrected chi connectivity index (χ4v) is 5.85. The summed E-state index contributed by atoms with van der Waals surface area (Å²) in [4.78, 5) is 34.6. The quantitative estimate of drug-likeness (QED) is 0.338. The van der Waals surface area contributed by atoms with E-state index in [9.17, 15) is 14.0 Å². The fraction of sp³-hybridized carbons (Fsp3) is 0.448. The lowest BCUT2D eigenvalue weighted by Gasteiger charge is -2.20. The normalized spacial score (nSPS) is 20.2. The number of aromatic nitrogens is 2. The van der Waals surface area contributed by atoms with Crippen molar-refractivity contribution in [2.75, 3.05) is 32.1 Å². The Morgan fingerprint density at radius 1 is 1.15 bits per heavy atom. The second-order valence-corrected chi connectivity index (χ2v) is 10.8. The lowest BCUT2D eigenvalue weighted by atomic mass is 10.0. The van der Waals surface area contributed by atoms with Crippen molar-refractivity contribution in [1.29, 1.82) is 0 Å². The van der Waals surface area contributed by atoms with Crippen LogP contribution < -0.4 is 14.8 Å². The number of carbonyl (C=O) groups is 2. The van der Waals surface area contributed by atoms with Crippen LogP contribution in [0.1, 0.15) is 38.2 Å². The molecule has 1 aliphatic carbocycles. The van der Waals surface area contributed by atoms with Crippen LogP contribution in [0.15, 0.2) is 30.6 Å². The lowest BCUT2D eigenvalue weighted by Crippen LogP contribution is -2.31. The number of anilines is 2. The molecule has 39 heavy (non-hydrogen) atoms. The molecule has 3 atom stereocenters. The fourth-order valence-electron chi connectivity index (χ4n) is 5.70. The summed E-state index contributed by atoms with van der Waals surface area (Å²) in [6.45, 7) is 5.38. The van der Waals surface area contributed by atoms with Crippen LogP contribution >= 0.6 is 11.6 Å². The topological polar surface area (TPSA) is 93.7 Å². The van der Waals surface area contributed by atoms with Gasteiger partial charge < -0.3 is 19.7 Å². The number of carbonyl (C=O) groups excluding carboxylic acids is 2. The molecule has 8 nitrogen and oxygen atoms in total. The van der Waals surface area contributed by atoms with Gasteiger partial charge in [-0.2, -0.15) is 0 Å². The molecule has 5 rings (SSSR count). The van der Waals surface area contributed by atoms with Gasteiger partial charge in [0.05, 0.1) is 31.3 Å². The van der Waals surface area contributed by atoms with Crippen LogP contribution in [0.3, 0.4) is 0 Å². The van der Waals surface area contributed by atoms with Crippen LogP contribution in [-0.2, 0) is 9.59 Å². The Morgan fingerprint density at radius 3 is 2.59 bits per heavy atom. The van der Waals surface area contributed by atoms with E-state index in [-0.39, 0.29) is 23.8 Å². The summed E-state index contributed by atoms with van der Waals surface area (Å²) in [6, 6.07) is 6.81. The number of amides is 1. The molecule has 3 aromatic rings. The van der Waals surface area contributed by atoms with Crippen molar-refractivity contribution in [3.63, 3.8) is 0 Å². The van der Waals surface area contributed by atoms with Gasteiger partial charge in [-0.3, -0.25) is 9.59 Å². The summed E-state index contributed by atoms with van der Waals surface area (Å²) in [6.07, 6.45) is 3.79. The number of halogens is 2. The number of ketones is 1. The molecule has 1 amide bonds. The molecule has 0 spiro atoms. The van der Waals surface area contributed by atoms with Gasteiger partial charge in [0.15, 0.2) is 17.3 Å². The van der Waals surface area contributed by atoms with E-state index in [1.807, 2.05) is 11.0 Å². The first-order valence-corrected chi connectivity index (χ1v) is 13.6. The van der Waals surface area contributed by atoms with Gasteiger partial charge >= 0.3 is 0 Å². The number of nitrogens with zero attached hydrogens (tertiary/aromatic N) is 3. The minimum atomic E-state index is -0.440. The predicted molar refractivity (Wildman–Crippen MR) is 147 cm³/mol. The molecule has 206 valence electrons. The summed E-state index contributed by atoms with van der Waals surface area (Å²) < 4.78 is 26.6. The zero-order valence-corrected chi connectivity index (χ0v) is 23.1. The van der Waals surface area contributed by atoms with E-state index in [1.54, 1.807) is 39.2 Å². The van der Waals surface area contributed by atoms with Crippen molar-refractivity contribution >= 4 is 45.7 Å². The Balaban J connectivity index is 1.25. The molecule has 1 saturated carbocycles. The first-order valence-electron chi connectivity index (χ1n) is 13.2. The van der Waals surface area contributed by atoms with Crippen LogP contribution in [0.5, 0.6) is 11.5 Å². The van der Waals surface area contributed by atoms with Gasteiger partial charge in [0.25, 0.3) is 0 Å². The average Bonchev–Trinajstić information content (AvgIpc) is 3.51. The molecule has 1 aliphatic heterocycles. The maximum absolute atomic E-state index is 14.7. The zero-order chi connectivity index (χ0) is 27.7. The smallest absolute Gasteiger partial charge is 0.230 e. The van der Waals surface area contributed by atoms with Gasteiger partial charge in [0.1, 0.15) is 17.9 Å². The van der Waals surface area contributed by atoms with E-state index >= 15 is 0 Å². The van der Waals surface area contributed by atoms with Gasteiger partial charge in [0.2, 0.25) is 5.91 Å². The summed E-state index contributed by atoms with van der Waals surface area (Å²) in [5.74, 6) is 2.31. The van der Waals surface area contributed by atoms with Gasteiger partial charge in [-0.15, -0.1) is 0 Å². The van der Waals surface area contributed by atoms with Crippen LogP contribution in [0.25, 0.3) is 10.9 Å². The molecular formula is C29H32ClFN4O4. The summed E-state index contributed by atoms with van der Waals surface area (Å²) in [5, 5.41) is 4.07. The molecule has 1 unspecified atom stereocenters. The number of ether oxygens (including phenoxy) is 2. The molecule has 2 aromatic carbocycles. The molecule has 1 N–H and O–H groups in total. The van der Waals surface area contributed by atoms with Crippen LogP contribution in [0.2, 0.25) is 5.02 Å². The molecule has 0 bridgehead atoms. The number of rotatable bonds is 9. The lowest BCUT2D eigenvalue weighted by molar-refractivity contribution is -0.134. The van der Waals surface area contributed by atoms with Crippen LogP contribution in [0.4, 0.5) is 15.9 Å². The largest absolute Gasteiger partial charge is 0.493 e. The Morgan fingerprint density at radius 2 is 1.90 bits per heavy atom. The van der Waals surface area contributed by atoms with E-state index in [4.69, 9.17) is 21.1 Å². The third-order valence-corrected chi connectivity index (χ3v) is 8.32. The number of likely N-dealkylation sites (tertiary alicyclic amines) is 1. The maximum Gasteiger partial charge on any atom is 0.230 e. The number of benzene rings is 2. The first kappa shape index (κ1) is 27.1. The van der Waals surface area contributed by atoms with E-state index in [1.165, 1.54) is 6.33 Å². The second kappa shape index (κ2) is 11.3. The number of methoxy groups -OCH3 is 1. The standard InChI is InChI=1S/C29H32ClFN4O4/c1-4-20(36)9-27(37)35-12-18-7-17(8-19(18)13-35)14-39-26-11-24-21(10-25(26)38-3)29(33-15-32-24)34-23-6-5-22(30)16(2)28(23)31/h5-6,10-11,15,17-19H,4,7-9,12-14H2,1-3H3,(H,32,33,34)/t17?,18-,19+. The summed E-state index contributed by atoms with van der Waals surface area (Å²) in [7, 11) is 1.57. The predicted octanol–water partition coefficient (Wildman–Crippen LogP) is 5.72. The van der Waals surface area contributed by atoms with Gasteiger partial charge in [-0.25, -0.2) is 14.4 Å². The highest BCUT2D eigenvalue weighted by Gasteiger charge is 2.42. The number of hydrogen-bond donors (Lipinski definition) is 1. The molecule has 2 fully saturated rings. The third kappa shape index (κ3) is 5.64. The minimum absolute atomic E-state index is 0.00641. The van der Waals surface area contributed by atoms with Crippen molar-refractivity contribution in [3.8, 4) is 11.5 Å². The van der Waals surface area contributed by atoms with E-state index in [0.29, 0.717) is 69.6 Å². The van der Waals surface area contributed by atoms with Crippen molar-refractivity contribution in [2.24, 2.45) is 17.8 Å². The third-order valence-electron chi connectivity index (χ3n) is 7.91. The maximum atomic E-state index is 14.7. The van der Waals surface area contributed by atoms with E-state index in [2.05, 4.69) is 15.3 Å². The van der Waals surface area contributed by atoms with Crippen molar-refractivity contribution in [3.05, 3.63) is 47.0 Å². The van der Waals surface area contributed by atoms with Gasteiger partial charge in [-0.1, -0.05) is 18.5 Å². The van der Waals surface area contributed by atoms with Gasteiger partial charge in [0, 0.05) is 41.5 Å². The zero-order valence-electron chi connectivity index (χ0n) is 22.3. The highest BCUT2D eigenvalue weighted by molar-refractivity contribution is 6.31. The molecule has 2 aliphatic rings. The molecule has 0 radical (unpaired) electrons. The summed E-state index contributed by atoms with van der Waals surface area (Å²) >= 11 is 6.03. The Hall–Kier alpha value is -3.46. The number of fused-ring (bicyclic) bond motifs is 2.